The number of hydrogen-bond acceptors (Lipinski definition) is 3. The van der Waals surface area contributed by atoms with E-state index in [4.69, 9.17) is 4.74 Å². The number of hydrogen-bond donors (Lipinski definition) is 2. The van der Waals surface area contributed by atoms with Crippen LogP contribution in [0, 0.1) is 12.8 Å². The van der Waals surface area contributed by atoms with Crippen molar-refractivity contribution in [2.75, 3.05) is 33.2 Å². The molecule has 0 amide bonds. The molecule has 1 atom stereocenters. The van der Waals surface area contributed by atoms with Gasteiger partial charge in [-0.2, -0.15) is 0 Å². The van der Waals surface area contributed by atoms with Crippen LogP contribution >= 0.6 is 0 Å². The van der Waals surface area contributed by atoms with Gasteiger partial charge in [-0.15, -0.1) is 0 Å². The number of aliphatic imine (C=N–C) groups is 1. The summed E-state index contributed by atoms with van der Waals surface area (Å²) in [7, 11) is 1.83. The van der Waals surface area contributed by atoms with Crippen molar-refractivity contribution in [2.24, 2.45) is 10.9 Å². The molecule has 1 heterocycles. The number of aryl methyl sites for hydroxylation is 1. The molecule has 1 aromatic rings. The number of ether oxygens (including phenoxy) is 1. The van der Waals surface area contributed by atoms with Crippen LogP contribution < -0.4 is 15.4 Å². The van der Waals surface area contributed by atoms with Crippen LogP contribution in [0.1, 0.15) is 39.2 Å². The molecule has 146 valence electrons. The quantitative estimate of drug-likeness (QED) is 0.580. The Balaban J connectivity index is 1.71. The molecule has 26 heavy (non-hydrogen) atoms. The second-order valence-electron chi connectivity index (χ2n) is 7.81. The third-order valence-corrected chi connectivity index (χ3v) is 4.66. The van der Waals surface area contributed by atoms with Crippen molar-refractivity contribution in [1.82, 2.24) is 15.5 Å². The molecule has 2 rings (SSSR count). The fourth-order valence-corrected chi connectivity index (χ4v) is 3.37. The number of piperidine rings is 1. The lowest BCUT2D eigenvalue weighted by Crippen LogP contribution is -2.50. The molecule has 0 aromatic heterocycles. The van der Waals surface area contributed by atoms with Gasteiger partial charge in [0, 0.05) is 32.7 Å². The van der Waals surface area contributed by atoms with Crippen LogP contribution in [0.3, 0.4) is 0 Å². The molecule has 1 saturated heterocycles. The smallest absolute Gasteiger partial charge is 0.191 e. The average molecular weight is 361 g/mol. The molecule has 0 spiro atoms. The fourth-order valence-electron chi connectivity index (χ4n) is 3.37. The lowest BCUT2D eigenvalue weighted by Gasteiger charge is -2.34. The van der Waals surface area contributed by atoms with Crippen LogP contribution in [-0.2, 0) is 0 Å². The summed E-state index contributed by atoms with van der Waals surface area (Å²) in [6, 6.07) is 8.67. The molecule has 1 aliphatic rings. The first-order valence-corrected chi connectivity index (χ1v) is 9.89. The van der Waals surface area contributed by atoms with Gasteiger partial charge in [-0.1, -0.05) is 26.0 Å². The van der Waals surface area contributed by atoms with Crippen molar-refractivity contribution in [3.05, 3.63) is 29.8 Å². The zero-order chi connectivity index (χ0) is 18.9. The van der Waals surface area contributed by atoms with Crippen molar-refractivity contribution >= 4 is 5.96 Å². The molecular weight excluding hydrogens is 324 g/mol. The Labute approximate surface area is 159 Å². The van der Waals surface area contributed by atoms with E-state index in [2.05, 4.69) is 60.4 Å². The van der Waals surface area contributed by atoms with Crippen molar-refractivity contribution in [3.8, 4) is 5.75 Å². The predicted molar refractivity (Wildman–Crippen MR) is 110 cm³/mol. The maximum absolute atomic E-state index is 5.98. The van der Waals surface area contributed by atoms with Crippen LogP contribution in [0.2, 0.25) is 0 Å². The number of rotatable bonds is 7. The Morgan fingerprint density at radius 2 is 2.00 bits per heavy atom. The molecule has 1 aromatic carbocycles. The summed E-state index contributed by atoms with van der Waals surface area (Å²) in [5.41, 5.74) is 1.21. The van der Waals surface area contributed by atoms with Crippen LogP contribution in [0.25, 0.3) is 0 Å². The molecule has 1 fully saturated rings. The van der Waals surface area contributed by atoms with E-state index in [-0.39, 0.29) is 6.10 Å². The Morgan fingerprint density at radius 1 is 1.27 bits per heavy atom. The highest BCUT2D eigenvalue weighted by molar-refractivity contribution is 5.80. The van der Waals surface area contributed by atoms with E-state index in [1.54, 1.807) is 0 Å². The van der Waals surface area contributed by atoms with Crippen LogP contribution in [-0.4, -0.2) is 56.2 Å². The number of guanidine groups is 1. The van der Waals surface area contributed by atoms with Crippen LogP contribution in [0.15, 0.2) is 29.3 Å². The standard InChI is InChI=1S/C21H36N4O/c1-16(2)15-25-11-9-19(10-12-25)24-21(22-5)23-14-18(4)26-20-8-6-7-17(3)13-20/h6-8,13,16,18-19H,9-12,14-15H2,1-5H3,(H2,22,23,24). The summed E-state index contributed by atoms with van der Waals surface area (Å²) in [5, 5.41) is 6.96. The van der Waals surface area contributed by atoms with E-state index in [1.165, 1.54) is 38.0 Å². The molecule has 0 radical (unpaired) electrons. The highest BCUT2D eigenvalue weighted by atomic mass is 16.5. The fraction of sp³-hybridized carbons (Fsp3) is 0.667. The molecule has 5 nitrogen and oxygen atoms in total. The van der Waals surface area contributed by atoms with Crippen molar-refractivity contribution < 1.29 is 4.74 Å². The number of likely N-dealkylation sites (tertiary alicyclic amines) is 1. The summed E-state index contributed by atoms with van der Waals surface area (Å²) in [6.07, 6.45) is 2.41. The number of nitrogens with one attached hydrogen (secondary N) is 2. The van der Waals surface area contributed by atoms with E-state index in [0.717, 1.165) is 24.2 Å². The van der Waals surface area contributed by atoms with Crippen molar-refractivity contribution in [2.45, 2.75) is 52.7 Å². The molecule has 1 unspecified atom stereocenters. The average Bonchev–Trinajstić information content (AvgIpc) is 2.59. The van der Waals surface area contributed by atoms with E-state index in [9.17, 15) is 0 Å². The Bertz CT molecular complexity index is 565. The Hall–Kier alpha value is -1.75. The summed E-state index contributed by atoms with van der Waals surface area (Å²) >= 11 is 0. The highest BCUT2D eigenvalue weighted by Crippen LogP contribution is 2.14. The molecule has 0 aliphatic carbocycles. The van der Waals surface area contributed by atoms with Crippen molar-refractivity contribution in [1.29, 1.82) is 0 Å². The second-order valence-corrected chi connectivity index (χ2v) is 7.81. The molecule has 5 heteroatoms. The molecule has 2 N–H and O–H groups in total. The van der Waals surface area contributed by atoms with Gasteiger partial charge in [-0.05, 0) is 50.3 Å². The molecular formula is C21H36N4O. The van der Waals surface area contributed by atoms with Gasteiger partial charge in [-0.25, -0.2) is 0 Å². The maximum atomic E-state index is 5.98. The minimum Gasteiger partial charge on any atom is -0.489 e. The maximum Gasteiger partial charge on any atom is 0.191 e. The topological polar surface area (TPSA) is 48.9 Å². The Kier molecular flexibility index (Phi) is 8.23. The second kappa shape index (κ2) is 10.4. The molecule has 1 aliphatic heterocycles. The Morgan fingerprint density at radius 3 is 2.62 bits per heavy atom. The van der Waals surface area contributed by atoms with E-state index in [0.29, 0.717) is 6.04 Å². The minimum atomic E-state index is 0.0724. The normalized spacial score (nSPS) is 18.0. The minimum absolute atomic E-state index is 0.0724. The van der Waals surface area contributed by atoms with Gasteiger partial charge in [0.15, 0.2) is 5.96 Å². The zero-order valence-electron chi connectivity index (χ0n) is 17.1. The SMILES string of the molecule is CN=C(NCC(C)Oc1cccc(C)c1)NC1CCN(CC(C)C)CC1. The van der Waals surface area contributed by atoms with Crippen molar-refractivity contribution in [3.63, 3.8) is 0 Å². The van der Waals surface area contributed by atoms with Gasteiger partial charge in [-0.3, -0.25) is 4.99 Å². The largest absolute Gasteiger partial charge is 0.489 e. The molecule has 0 saturated carbocycles. The van der Waals surface area contributed by atoms with E-state index >= 15 is 0 Å². The lowest BCUT2D eigenvalue weighted by atomic mass is 10.0. The van der Waals surface area contributed by atoms with Gasteiger partial charge in [0.1, 0.15) is 11.9 Å². The highest BCUT2D eigenvalue weighted by Gasteiger charge is 2.20. The van der Waals surface area contributed by atoms with Gasteiger partial charge >= 0.3 is 0 Å². The summed E-state index contributed by atoms with van der Waals surface area (Å²) < 4.78 is 5.98. The third kappa shape index (κ3) is 7.24. The van der Waals surface area contributed by atoms with Gasteiger partial charge in [0.25, 0.3) is 0 Å². The monoisotopic (exact) mass is 360 g/mol. The van der Waals surface area contributed by atoms with Gasteiger partial charge < -0.3 is 20.3 Å². The van der Waals surface area contributed by atoms with Gasteiger partial charge in [0.05, 0.1) is 6.54 Å². The predicted octanol–water partition coefficient (Wildman–Crippen LogP) is 3.05. The first-order chi connectivity index (χ1) is 12.5. The summed E-state index contributed by atoms with van der Waals surface area (Å²) in [5.74, 6) is 2.52. The molecule has 0 bridgehead atoms. The van der Waals surface area contributed by atoms with E-state index in [1.807, 2.05) is 19.2 Å². The van der Waals surface area contributed by atoms with Gasteiger partial charge in [0.2, 0.25) is 0 Å². The van der Waals surface area contributed by atoms with Crippen LogP contribution in [0.5, 0.6) is 5.75 Å². The van der Waals surface area contributed by atoms with Crippen LogP contribution in [0.4, 0.5) is 0 Å². The number of nitrogens with zero attached hydrogens (tertiary/aromatic N) is 2. The summed E-state index contributed by atoms with van der Waals surface area (Å²) in [4.78, 5) is 6.93. The third-order valence-electron chi connectivity index (χ3n) is 4.66. The van der Waals surface area contributed by atoms with E-state index < -0.39 is 0 Å². The zero-order valence-corrected chi connectivity index (χ0v) is 17.1. The first kappa shape index (κ1) is 20.6. The number of benzene rings is 1. The lowest BCUT2D eigenvalue weighted by molar-refractivity contribution is 0.186. The summed E-state index contributed by atoms with van der Waals surface area (Å²) in [6.45, 7) is 13.0. The first-order valence-electron chi connectivity index (χ1n) is 9.89.